The van der Waals surface area contributed by atoms with Crippen LogP contribution in [0.3, 0.4) is 0 Å². The minimum absolute atomic E-state index is 0.108. The number of hydrogen-bond acceptors (Lipinski definition) is 2. The van der Waals surface area contributed by atoms with E-state index in [1.807, 2.05) is 7.05 Å². The topological polar surface area (TPSA) is 32.3 Å². The van der Waals surface area contributed by atoms with Gasteiger partial charge in [-0.25, -0.2) is 4.39 Å². The van der Waals surface area contributed by atoms with E-state index < -0.39 is 0 Å². The lowest BCUT2D eigenvalue weighted by molar-refractivity contribution is -0.115. The molecule has 2 rings (SSSR count). The zero-order valence-corrected chi connectivity index (χ0v) is 8.10. The minimum Gasteiger partial charge on any atom is -0.364 e. The van der Waals surface area contributed by atoms with Gasteiger partial charge in [-0.15, -0.1) is 0 Å². The van der Waals surface area contributed by atoms with Crippen molar-refractivity contribution < 1.29 is 9.18 Å². The fraction of sp³-hybridized carbons (Fsp3) is 0.300. The van der Waals surface area contributed by atoms with E-state index in [1.165, 1.54) is 6.07 Å². The number of halogens is 1. The number of likely N-dealkylation sites (N-methyl/N-ethyl adjacent to an activating group) is 1. The van der Waals surface area contributed by atoms with E-state index in [9.17, 15) is 9.18 Å². The molecule has 1 aliphatic heterocycles. The van der Waals surface area contributed by atoms with Gasteiger partial charge in [-0.1, -0.05) is 0 Å². The molecule has 0 spiro atoms. The van der Waals surface area contributed by atoms with Crippen molar-refractivity contribution in [2.75, 3.05) is 23.8 Å². The van der Waals surface area contributed by atoms with Crippen LogP contribution >= 0.6 is 0 Å². The van der Waals surface area contributed by atoms with E-state index in [-0.39, 0.29) is 11.7 Å². The van der Waals surface area contributed by atoms with Crippen molar-refractivity contribution in [2.45, 2.75) is 6.92 Å². The number of amides is 1. The number of anilines is 2. The summed E-state index contributed by atoms with van der Waals surface area (Å²) in [6, 6.07) is 3.10. The SMILES string of the molecule is Cc1cc2c(cc1F)NC(=O)CN2C. The Bertz CT molecular complexity index is 403. The Morgan fingerprint density at radius 1 is 1.50 bits per heavy atom. The predicted octanol–water partition coefficient (Wildman–Crippen LogP) is 1.52. The van der Waals surface area contributed by atoms with Crippen LogP contribution < -0.4 is 10.2 Å². The maximum atomic E-state index is 13.2. The molecule has 1 aromatic carbocycles. The molecule has 0 atom stereocenters. The summed E-state index contributed by atoms with van der Waals surface area (Å²) in [6.45, 7) is 2.03. The van der Waals surface area contributed by atoms with E-state index in [2.05, 4.69) is 5.32 Å². The van der Waals surface area contributed by atoms with Crippen LogP contribution in [0.15, 0.2) is 12.1 Å². The van der Waals surface area contributed by atoms with Crippen molar-refractivity contribution >= 4 is 17.3 Å². The monoisotopic (exact) mass is 194 g/mol. The molecule has 1 heterocycles. The van der Waals surface area contributed by atoms with E-state index in [0.717, 1.165) is 5.69 Å². The summed E-state index contributed by atoms with van der Waals surface area (Å²) < 4.78 is 13.2. The third-order valence-corrected chi connectivity index (χ3v) is 2.34. The summed E-state index contributed by atoms with van der Waals surface area (Å²) in [7, 11) is 1.81. The molecule has 0 saturated heterocycles. The van der Waals surface area contributed by atoms with Crippen molar-refractivity contribution in [1.29, 1.82) is 0 Å². The Morgan fingerprint density at radius 3 is 2.93 bits per heavy atom. The summed E-state index contributed by atoms with van der Waals surface area (Å²) in [4.78, 5) is 13.0. The van der Waals surface area contributed by atoms with E-state index in [4.69, 9.17) is 0 Å². The highest BCUT2D eigenvalue weighted by Crippen LogP contribution is 2.30. The number of aryl methyl sites for hydroxylation is 1. The Balaban J connectivity index is 2.54. The van der Waals surface area contributed by atoms with Gasteiger partial charge in [0.05, 0.1) is 17.9 Å². The molecule has 1 N–H and O–H groups in total. The highest BCUT2D eigenvalue weighted by molar-refractivity contribution is 6.01. The Labute approximate surface area is 81.5 Å². The Hall–Kier alpha value is -1.58. The fourth-order valence-corrected chi connectivity index (χ4v) is 1.57. The van der Waals surface area contributed by atoms with E-state index in [0.29, 0.717) is 17.8 Å². The van der Waals surface area contributed by atoms with Crippen LogP contribution in [-0.4, -0.2) is 19.5 Å². The van der Waals surface area contributed by atoms with Crippen molar-refractivity contribution in [1.82, 2.24) is 0 Å². The first-order valence-corrected chi connectivity index (χ1v) is 4.39. The van der Waals surface area contributed by atoms with Gasteiger partial charge >= 0.3 is 0 Å². The maximum Gasteiger partial charge on any atom is 0.243 e. The van der Waals surface area contributed by atoms with Crippen molar-refractivity contribution in [2.24, 2.45) is 0 Å². The lowest BCUT2D eigenvalue weighted by atomic mass is 10.1. The van der Waals surface area contributed by atoms with Crippen molar-refractivity contribution in [3.05, 3.63) is 23.5 Å². The Kier molecular flexibility index (Phi) is 1.91. The predicted molar refractivity (Wildman–Crippen MR) is 53.0 cm³/mol. The molecule has 0 aliphatic carbocycles. The normalized spacial score (nSPS) is 15.1. The van der Waals surface area contributed by atoms with Gasteiger partial charge in [0, 0.05) is 7.05 Å². The second-order valence-electron chi connectivity index (χ2n) is 3.52. The van der Waals surface area contributed by atoms with Crippen LogP contribution in [0, 0.1) is 12.7 Å². The molecule has 1 amide bonds. The Morgan fingerprint density at radius 2 is 2.21 bits per heavy atom. The smallest absolute Gasteiger partial charge is 0.243 e. The number of carbonyl (C=O) groups excluding carboxylic acids is 1. The molecule has 1 aromatic rings. The van der Waals surface area contributed by atoms with E-state index in [1.54, 1.807) is 17.9 Å². The number of rotatable bonds is 0. The number of nitrogens with zero attached hydrogens (tertiary/aromatic N) is 1. The first-order chi connectivity index (χ1) is 6.58. The molecule has 74 valence electrons. The van der Waals surface area contributed by atoms with Gasteiger partial charge in [0.25, 0.3) is 0 Å². The van der Waals surface area contributed by atoms with Gasteiger partial charge in [0.15, 0.2) is 0 Å². The van der Waals surface area contributed by atoms with Crippen LogP contribution in [0.2, 0.25) is 0 Å². The van der Waals surface area contributed by atoms with Gasteiger partial charge < -0.3 is 10.2 Å². The minimum atomic E-state index is -0.292. The summed E-state index contributed by atoms with van der Waals surface area (Å²) in [5.41, 5.74) is 2.00. The van der Waals surface area contributed by atoms with Gasteiger partial charge in [-0.2, -0.15) is 0 Å². The van der Waals surface area contributed by atoms with Crippen LogP contribution in [0.25, 0.3) is 0 Å². The summed E-state index contributed by atoms with van der Waals surface area (Å²) in [6.07, 6.45) is 0. The summed E-state index contributed by atoms with van der Waals surface area (Å²) >= 11 is 0. The molecule has 0 unspecified atom stereocenters. The van der Waals surface area contributed by atoms with Gasteiger partial charge in [0.1, 0.15) is 5.82 Å². The first kappa shape index (κ1) is 8.99. The van der Waals surface area contributed by atoms with Gasteiger partial charge in [-0.05, 0) is 24.6 Å². The molecule has 0 saturated carbocycles. The quantitative estimate of drug-likeness (QED) is 0.679. The average molecular weight is 194 g/mol. The molecule has 0 fully saturated rings. The molecule has 3 nitrogen and oxygen atoms in total. The van der Waals surface area contributed by atoms with Crippen molar-refractivity contribution in [3.63, 3.8) is 0 Å². The van der Waals surface area contributed by atoms with E-state index >= 15 is 0 Å². The zero-order valence-electron chi connectivity index (χ0n) is 8.10. The maximum absolute atomic E-state index is 13.2. The molecular formula is C10H11FN2O. The molecule has 0 aromatic heterocycles. The third-order valence-electron chi connectivity index (χ3n) is 2.34. The number of nitrogens with one attached hydrogen (secondary N) is 1. The first-order valence-electron chi connectivity index (χ1n) is 4.39. The average Bonchev–Trinajstić information content (AvgIpc) is 2.08. The van der Waals surface area contributed by atoms with Crippen LogP contribution in [0.5, 0.6) is 0 Å². The second kappa shape index (κ2) is 2.97. The molecule has 14 heavy (non-hydrogen) atoms. The molecule has 4 heteroatoms. The molecule has 0 bridgehead atoms. The van der Waals surface area contributed by atoms with Gasteiger partial charge in [-0.3, -0.25) is 4.79 Å². The lowest BCUT2D eigenvalue weighted by Crippen LogP contribution is -2.35. The molecule has 0 radical (unpaired) electrons. The molecular weight excluding hydrogens is 183 g/mol. The zero-order chi connectivity index (χ0) is 10.3. The third kappa shape index (κ3) is 1.32. The second-order valence-corrected chi connectivity index (χ2v) is 3.52. The largest absolute Gasteiger partial charge is 0.364 e. The van der Waals surface area contributed by atoms with Crippen LogP contribution in [0.4, 0.5) is 15.8 Å². The van der Waals surface area contributed by atoms with Crippen LogP contribution in [-0.2, 0) is 4.79 Å². The number of benzene rings is 1. The summed E-state index contributed by atoms with van der Waals surface area (Å²) in [5.74, 6) is -0.400. The number of carbonyl (C=O) groups is 1. The number of fused-ring (bicyclic) bond motifs is 1. The highest BCUT2D eigenvalue weighted by atomic mass is 19.1. The standard InChI is InChI=1S/C10H11FN2O/c1-6-3-9-8(4-7(6)11)12-10(14)5-13(9)2/h3-4H,5H2,1-2H3,(H,12,14). The van der Waals surface area contributed by atoms with Crippen molar-refractivity contribution in [3.8, 4) is 0 Å². The highest BCUT2D eigenvalue weighted by Gasteiger charge is 2.20. The number of hydrogen-bond donors (Lipinski definition) is 1. The van der Waals surface area contributed by atoms with Gasteiger partial charge in [0.2, 0.25) is 5.91 Å². The lowest BCUT2D eigenvalue weighted by Gasteiger charge is -2.27. The summed E-state index contributed by atoms with van der Waals surface area (Å²) in [5, 5.41) is 2.64. The van der Waals surface area contributed by atoms with Crippen LogP contribution in [0.1, 0.15) is 5.56 Å². The fourth-order valence-electron chi connectivity index (χ4n) is 1.57. The molecule has 1 aliphatic rings.